The van der Waals surface area contributed by atoms with Crippen molar-refractivity contribution in [3.8, 4) is 17.0 Å². The van der Waals surface area contributed by atoms with Crippen molar-refractivity contribution >= 4 is 0 Å². The van der Waals surface area contributed by atoms with E-state index in [1.54, 1.807) is 19.9 Å². The maximum atomic E-state index is 12.3. The fourth-order valence-electron chi connectivity index (χ4n) is 2.25. The van der Waals surface area contributed by atoms with Gasteiger partial charge < -0.3 is 9.84 Å². The highest BCUT2D eigenvalue weighted by atomic mass is 16.5. The number of benzene rings is 1. The Morgan fingerprint density at radius 1 is 1.27 bits per heavy atom. The van der Waals surface area contributed by atoms with Gasteiger partial charge in [-0.25, -0.2) is 4.68 Å². The summed E-state index contributed by atoms with van der Waals surface area (Å²) in [7, 11) is 0. The molecule has 0 unspecified atom stereocenters. The van der Waals surface area contributed by atoms with Gasteiger partial charge in [0.15, 0.2) is 0 Å². The van der Waals surface area contributed by atoms with Crippen molar-refractivity contribution < 1.29 is 9.84 Å². The molecule has 1 aromatic carbocycles. The summed E-state index contributed by atoms with van der Waals surface area (Å²) >= 11 is 0. The van der Waals surface area contributed by atoms with Crippen molar-refractivity contribution in [2.45, 2.75) is 39.8 Å². The van der Waals surface area contributed by atoms with Gasteiger partial charge >= 0.3 is 0 Å². The quantitative estimate of drug-likeness (QED) is 0.922. The molecule has 0 amide bonds. The highest BCUT2D eigenvalue weighted by molar-refractivity contribution is 5.61. The van der Waals surface area contributed by atoms with Gasteiger partial charge in [-0.2, -0.15) is 5.10 Å². The van der Waals surface area contributed by atoms with Crippen LogP contribution in [0.4, 0.5) is 0 Å². The number of aromatic nitrogens is 2. The van der Waals surface area contributed by atoms with Crippen molar-refractivity contribution in [3.05, 3.63) is 46.2 Å². The van der Waals surface area contributed by atoms with Crippen LogP contribution in [0.3, 0.4) is 0 Å². The highest BCUT2D eigenvalue weighted by Crippen LogP contribution is 2.25. The van der Waals surface area contributed by atoms with Gasteiger partial charge in [0.05, 0.1) is 23.5 Å². The molecule has 0 aliphatic heterocycles. The molecule has 0 saturated carbocycles. The van der Waals surface area contributed by atoms with E-state index in [1.807, 2.05) is 38.1 Å². The predicted octanol–water partition coefficient (Wildman–Crippen LogP) is 2.56. The number of hydrogen-bond donors (Lipinski definition) is 1. The molecule has 5 nitrogen and oxygen atoms in total. The Kier molecular flexibility index (Phi) is 4.66. The highest BCUT2D eigenvalue weighted by Gasteiger charge is 2.23. The molecule has 1 aromatic heterocycles. The van der Waals surface area contributed by atoms with Gasteiger partial charge in [0.25, 0.3) is 5.56 Å². The molecule has 22 heavy (non-hydrogen) atoms. The minimum absolute atomic E-state index is 0.264. The van der Waals surface area contributed by atoms with Crippen LogP contribution in [-0.2, 0) is 12.1 Å². The Morgan fingerprint density at radius 2 is 2.00 bits per heavy atom. The molecule has 2 aromatic rings. The van der Waals surface area contributed by atoms with Gasteiger partial charge in [0.1, 0.15) is 5.75 Å². The second kappa shape index (κ2) is 6.32. The first kappa shape index (κ1) is 16.2. The zero-order chi connectivity index (χ0) is 16.3. The second-order valence-corrected chi connectivity index (χ2v) is 5.58. The molecule has 0 saturated heterocycles. The predicted molar refractivity (Wildman–Crippen MR) is 86.0 cm³/mol. The summed E-state index contributed by atoms with van der Waals surface area (Å²) in [5, 5.41) is 14.6. The lowest BCUT2D eigenvalue weighted by Crippen LogP contribution is -2.33. The molecule has 1 N–H and O–H groups in total. The van der Waals surface area contributed by atoms with E-state index in [0.29, 0.717) is 24.4 Å². The number of aliphatic hydroxyl groups is 1. The summed E-state index contributed by atoms with van der Waals surface area (Å²) < 4.78 is 6.87. The number of rotatable bonds is 5. The third kappa shape index (κ3) is 3.36. The van der Waals surface area contributed by atoms with Crippen LogP contribution in [0.2, 0.25) is 0 Å². The summed E-state index contributed by atoms with van der Waals surface area (Å²) in [5.41, 5.74) is 0.336. The van der Waals surface area contributed by atoms with E-state index < -0.39 is 5.60 Å². The fourth-order valence-corrected chi connectivity index (χ4v) is 2.25. The minimum Gasteiger partial charge on any atom is -0.494 e. The van der Waals surface area contributed by atoms with E-state index in [-0.39, 0.29) is 5.56 Å². The third-order valence-electron chi connectivity index (χ3n) is 3.37. The lowest BCUT2D eigenvalue weighted by atomic mass is 9.98. The standard InChI is InChI=1S/C17H22N2O3/c1-5-19-16(20)14(17(3,4)21)11-15(18-19)12-8-7-9-13(10-12)22-6-2/h7-11,21H,5-6H2,1-4H3. The first-order chi connectivity index (χ1) is 10.4. The molecule has 2 rings (SSSR count). The first-order valence-electron chi connectivity index (χ1n) is 7.45. The number of hydrogen-bond acceptors (Lipinski definition) is 4. The van der Waals surface area contributed by atoms with Crippen LogP contribution in [0.25, 0.3) is 11.3 Å². The van der Waals surface area contributed by atoms with E-state index in [4.69, 9.17) is 4.74 Å². The Bertz CT molecular complexity index is 715. The maximum Gasteiger partial charge on any atom is 0.272 e. The summed E-state index contributed by atoms with van der Waals surface area (Å²) in [6, 6.07) is 9.19. The summed E-state index contributed by atoms with van der Waals surface area (Å²) in [6.07, 6.45) is 0. The van der Waals surface area contributed by atoms with E-state index in [2.05, 4.69) is 5.10 Å². The number of aryl methyl sites for hydroxylation is 1. The molecule has 0 atom stereocenters. The molecule has 0 fully saturated rings. The van der Waals surface area contributed by atoms with Crippen molar-refractivity contribution in [3.63, 3.8) is 0 Å². The monoisotopic (exact) mass is 302 g/mol. The van der Waals surface area contributed by atoms with Crippen LogP contribution >= 0.6 is 0 Å². The molecule has 0 aliphatic rings. The molecule has 0 spiro atoms. The fraction of sp³-hybridized carbons (Fsp3) is 0.412. The zero-order valence-corrected chi connectivity index (χ0v) is 13.5. The number of ether oxygens (including phenoxy) is 1. The Morgan fingerprint density at radius 3 is 2.59 bits per heavy atom. The van der Waals surface area contributed by atoms with E-state index in [1.165, 1.54) is 4.68 Å². The van der Waals surface area contributed by atoms with Crippen LogP contribution in [0.15, 0.2) is 35.1 Å². The average Bonchev–Trinajstić information content (AvgIpc) is 2.47. The molecule has 1 heterocycles. The Balaban J connectivity index is 2.61. The Hall–Kier alpha value is -2.14. The van der Waals surface area contributed by atoms with Crippen molar-refractivity contribution in [1.29, 1.82) is 0 Å². The van der Waals surface area contributed by atoms with Crippen LogP contribution < -0.4 is 10.3 Å². The molecular formula is C17H22N2O3. The Labute approximate surface area is 130 Å². The van der Waals surface area contributed by atoms with Crippen LogP contribution in [0, 0.1) is 0 Å². The lowest BCUT2D eigenvalue weighted by Gasteiger charge is -2.19. The first-order valence-corrected chi connectivity index (χ1v) is 7.45. The van der Waals surface area contributed by atoms with Crippen LogP contribution in [-0.4, -0.2) is 21.5 Å². The third-order valence-corrected chi connectivity index (χ3v) is 3.37. The largest absolute Gasteiger partial charge is 0.494 e. The van der Waals surface area contributed by atoms with E-state index >= 15 is 0 Å². The van der Waals surface area contributed by atoms with Crippen molar-refractivity contribution in [1.82, 2.24) is 9.78 Å². The van der Waals surface area contributed by atoms with Gasteiger partial charge in [0, 0.05) is 12.1 Å². The van der Waals surface area contributed by atoms with Crippen molar-refractivity contribution in [2.75, 3.05) is 6.61 Å². The molecule has 5 heteroatoms. The zero-order valence-electron chi connectivity index (χ0n) is 13.5. The summed E-state index contributed by atoms with van der Waals surface area (Å²) in [6.45, 7) is 8.01. The molecular weight excluding hydrogens is 280 g/mol. The van der Waals surface area contributed by atoms with Gasteiger partial charge in [0.2, 0.25) is 0 Å². The van der Waals surface area contributed by atoms with E-state index in [9.17, 15) is 9.90 Å². The smallest absolute Gasteiger partial charge is 0.272 e. The van der Waals surface area contributed by atoms with Gasteiger partial charge in [-0.3, -0.25) is 4.79 Å². The molecule has 118 valence electrons. The summed E-state index contributed by atoms with van der Waals surface area (Å²) in [5.74, 6) is 0.751. The van der Waals surface area contributed by atoms with E-state index in [0.717, 1.165) is 11.3 Å². The average molecular weight is 302 g/mol. The van der Waals surface area contributed by atoms with Gasteiger partial charge in [-0.15, -0.1) is 0 Å². The maximum absolute atomic E-state index is 12.3. The number of nitrogens with zero attached hydrogens (tertiary/aromatic N) is 2. The topological polar surface area (TPSA) is 64.3 Å². The normalized spacial score (nSPS) is 11.5. The van der Waals surface area contributed by atoms with Crippen molar-refractivity contribution in [2.24, 2.45) is 0 Å². The minimum atomic E-state index is -1.22. The van der Waals surface area contributed by atoms with Crippen LogP contribution in [0.5, 0.6) is 5.75 Å². The summed E-state index contributed by atoms with van der Waals surface area (Å²) in [4.78, 5) is 12.3. The van der Waals surface area contributed by atoms with Gasteiger partial charge in [-0.1, -0.05) is 12.1 Å². The SMILES string of the molecule is CCOc1cccc(-c2cc(C(C)(C)O)c(=O)n(CC)n2)c1. The lowest BCUT2D eigenvalue weighted by molar-refractivity contribution is 0.0762. The van der Waals surface area contributed by atoms with Gasteiger partial charge in [-0.05, 0) is 45.9 Å². The molecule has 0 aliphatic carbocycles. The molecule has 0 bridgehead atoms. The van der Waals surface area contributed by atoms with Crippen LogP contribution in [0.1, 0.15) is 33.3 Å². The molecule has 0 radical (unpaired) electrons. The second-order valence-electron chi connectivity index (χ2n) is 5.58.